The number of hydrogen-bond acceptors (Lipinski definition) is 3. The number of aliphatic carboxylic acids is 1. The summed E-state index contributed by atoms with van der Waals surface area (Å²) in [5, 5.41) is 21.4. The van der Waals surface area contributed by atoms with E-state index in [2.05, 4.69) is 5.32 Å². The van der Waals surface area contributed by atoms with Gasteiger partial charge in [0.1, 0.15) is 6.04 Å². The summed E-state index contributed by atoms with van der Waals surface area (Å²) in [6.07, 6.45) is 0.0443. The van der Waals surface area contributed by atoms with E-state index in [0.717, 1.165) is 12.0 Å². The van der Waals surface area contributed by atoms with Gasteiger partial charge in [-0.05, 0) is 18.1 Å². The van der Waals surface area contributed by atoms with E-state index in [1.54, 1.807) is 6.07 Å². The molecule has 1 saturated heterocycles. The number of nitrogens with zero attached hydrogens (tertiary/aromatic N) is 1. The van der Waals surface area contributed by atoms with Gasteiger partial charge >= 0.3 is 12.0 Å². The van der Waals surface area contributed by atoms with Crippen LogP contribution in [0.5, 0.6) is 0 Å². The van der Waals surface area contributed by atoms with Crippen molar-refractivity contribution in [2.75, 3.05) is 11.9 Å². The first-order valence-corrected chi connectivity index (χ1v) is 6.59. The lowest BCUT2D eigenvalue weighted by Gasteiger charge is -2.22. The van der Waals surface area contributed by atoms with Gasteiger partial charge in [0.2, 0.25) is 0 Å². The van der Waals surface area contributed by atoms with Gasteiger partial charge in [-0.2, -0.15) is 0 Å². The number of benzene rings is 1. The van der Waals surface area contributed by atoms with Gasteiger partial charge in [-0.25, -0.2) is 9.59 Å². The van der Waals surface area contributed by atoms with Crippen LogP contribution in [-0.2, 0) is 11.2 Å². The molecule has 6 heteroatoms. The lowest BCUT2D eigenvalue weighted by Crippen LogP contribution is -2.43. The molecule has 3 N–H and O–H groups in total. The lowest BCUT2D eigenvalue weighted by molar-refractivity contribution is -0.141. The van der Waals surface area contributed by atoms with E-state index in [4.69, 9.17) is 5.11 Å². The Morgan fingerprint density at radius 1 is 1.40 bits per heavy atom. The number of carboxylic acid groups (broad SMARTS) is 1. The third-order valence-corrected chi connectivity index (χ3v) is 3.46. The number of aryl methyl sites for hydroxylation is 1. The zero-order valence-electron chi connectivity index (χ0n) is 11.2. The van der Waals surface area contributed by atoms with Crippen molar-refractivity contribution >= 4 is 17.7 Å². The van der Waals surface area contributed by atoms with Gasteiger partial charge in [0.25, 0.3) is 0 Å². The number of carbonyl (C=O) groups excluding carboxylic acids is 1. The summed E-state index contributed by atoms with van der Waals surface area (Å²) < 4.78 is 0. The molecule has 1 aliphatic rings. The van der Waals surface area contributed by atoms with Crippen molar-refractivity contribution in [1.29, 1.82) is 0 Å². The molecule has 2 amide bonds. The predicted octanol–water partition coefficient (Wildman–Crippen LogP) is 1.30. The molecule has 1 aliphatic heterocycles. The highest BCUT2D eigenvalue weighted by Crippen LogP contribution is 2.21. The summed E-state index contributed by atoms with van der Waals surface area (Å²) in [5.74, 6) is -1.10. The molecule has 108 valence electrons. The van der Waals surface area contributed by atoms with E-state index in [1.807, 2.05) is 25.1 Å². The number of aliphatic hydroxyl groups excluding tert-OH is 1. The number of carboxylic acids is 1. The summed E-state index contributed by atoms with van der Waals surface area (Å²) in [6.45, 7) is 2.02. The molecule has 0 spiro atoms. The zero-order valence-corrected chi connectivity index (χ0v) is 11.2. The molecule has 2 rings (SSSR count). The molecule has 0 bridgehead atoms. The third-order valence-electron chi connectivity index (χ3n) is 3.46. The fourth-order valence-electron chi connectivity index (χ4n) is 2.41. The predicted molar refractivity (Wildman–Crippen MR) is 73.6 cm³/mol. The van der Waals surface area contributed by atoms with Crippen LogP contribution < -0.4 is 5.32 Å². The van der Waals surface area contributed by atoms with Gasteiger partial charge in [-0.15, -0.1) is 0 Å². The number of likely N-dealkylation sites (tertiary alicyclic amines) is 1. The first-order valence-electron chi connectivity index (χ1n) is 6.59. The Morgan fingerprint density at radius 2 is 2.10 bits per heavy atom. The van der Waals surface area contributed by atoms with Crippen molar-refractivity contribution in [3.05, 3.63) is 29.8 Å². The number of para-hydroxylation sites is 1. The van der Waals surface area contributed by atoms with E-state index in [9.17, 15) is 14.7 Å². The number of nitrogens with one attached hydrogen (secondary N) is 1. The van der Waals surface area contributed by atoms with E-state index in [1.165, 1.54) is 4.90 Å². The number of amides is 2. The van der Waals surface area contributed by atoms with Crippen LogP contribution in [0.1, 0.15) is 18.9 Å². The fraction of sp³-hybridized carbons (Fsp3) is 0.429. The maximum Gasteiger partial charge on any atom is 0.326 e. The smallest absolute Gasteiger partial charge is 0.326 e. The number of hydrogen-bond donors (Lipinski definition) is 3. The summed E-state index contributed by atoms with van der Waals surface area (Å²) in [4.78, 5) is 24.5. The van der Waals surface area contributed by atoms with Crippen molar-refractivity contribution in [2.24, 2.45) is 0 Å². The lowest BCUT2D eigenvalue weighted by atomic mass is 10.1. The Labute approximate surface area is 117 Å². The second kappa shape index (κ2) is 5.92. The molecule has 0 aliphatic carbocycles. The number of anilines is 1. The van der Waals surface area contributed by atoms with Gasteiger partial charge in [0.05, 0.1) is 6.10 Å². The van der Waals surface area contributed by atoms with Gasteiger partial charge in [-0.1, -0.05) is 25.1 Å². The topological polar surface area (TPSA) is 89.9 Å². The molecule has 20 heavy (non-hydrogen) atoms. The molecular formula is C14H18N2O4. The van der Waals surface area contributed by atoms with Gasteiger partial charge in [0, 0.05) is 18.7 Å². The Hall–Kier alpha value is -2.08. The molecule has 1 aromatic rings. The summed E-state index contributed by atoms with van der Waals surface area (Å²) in [6, 6.07) is 5.91. The molecule has 0 aromatic heterocycles. The Morgan fingerprint density at radius 3 is 2.75 bits per heavy atom. The molecule has 0 unspecified atom stereocenters. The van der Waals surface area contributed by atoms with Crippen LogP contribution in [0.3, 0.4) is 0 Å². The first kappa shape index (κ1) is 14.3. The SMILES string of the molecule is CCc1ccccc1NC(=O)N1C[C@H](O)C[C@@H]1C(=O)O. The van der Waals surface area contributed by atoms with Gasteiger partial charge < -0.3 is 20.4 Å². The highest BCUT2D eigenvalue weighted by atomic mass is 16.4. The molecule has 1 heterocycles. The summed E-state index contributed by atoms with van der Waals surface area (Å²) >= 11 is 0. The van der Waals surface area contributed by atoms with Crippen LogP contribution in [0.15, 0.2) is 24.3 Å². The van der Waals surface area contributed by atoms with Gasteiger partial charge in [0.15, 0.2) is 0 Å². The molecule has 1 fully saturated rings. The third kappa shape index (κ3) is 2.91. The van der Waals surface area contributed by atoms with Crippen molar-refractivity contribution in [3.63, 3.8) is 0 Å². The van der Waals surface area contributed by atoms with Crippen molar-refractivity contribution < 1.29 is 19.8 Å². The monoisotopic (exact) mass is 278 g/mol. The number of carbonyl (C=O) groups is 2. The number of urea groups is 1. The van der Waals surface area contributed by atoms with Gasteiger partial charge in [-0.3, -0.25) is 0 Å². The average Bonchev–Trinajstić information content (AvgIpc) is 2.82. The standard InChI is InChI=1S/C14H18N2O4/c1-2-9-5-3-4-6-11(9)15-14(20)16-8-10(17)7-12(16)13(18)19/h3-6,10,12,17H,2,7-8H2,1H3,(H,15,20)(H,18,19)/t10-,12-/m1/s1. The fourth-order valence-corrected chi connectivity index (χ4v) is 2.41. The van der Waals surface area contributed by atoms with Crippen LogP contribution in [-0.4, -0.2) is 45.8 Å². The van der Waals surface area contributed by atoms with Crippen LogP contribution in [0.25, 0.3) is 0 Å². The number of rotatable bonds is 3. The zero-order chi connectivity index (χ0) is 14.7. The molecule has 6 nitrogen and oxygen atoms in total. The van der Waals surface area contributed by atoms with Crippen LogP contribution in [0.2, 0.25) is 0 Å². The first-order chi connectivity index (χ1) is 9.52. The maximum atomic E-state index is 12.2. The average molecular weight is 278 g/mol. The number of β-amino-alcohol motifs (C(OH)–C–C–N with tert-alkyl or cyclic N) is 1. The molecule has 0 radical (unpaired) electrons. The van der Waals surface area contributed by atoms with Crippen molar-refractivity contribution in [2.45, 2.75) is 31.9 Å². The molecule has 0 saturated carbocycles. The summed E-state index contributed by atoms with van der Waals surface area (Å²) in [5.41, 5.74) is 1.65. The largest absolute Gasteiger partial charge is 0.480 e. The molecule has 2 atom stereocenters. The molecular weight excluding hydrogens is 260 g/mol. The van der Waals surface area contributed by atoms with Crippen LogP contribution in [0, 0.1) is 0 Å². The van der Waals surface area contributed by atoms with E-state index < -0.39 is 24.1 Å². The highest BCUT2D eigenvalue weighted by Gasteiger charge is 2.39. The highest BCUT2D eigenvalue weighted by molar-refractivity contribution is 5.93. The van der Waals surface area contributed by atoms with E-state index in [0.29, 0.717) is 5.69 Å². The minimum Gasteiger partial charge on any atom is -0.480 e. The second-order valence-electron chi connectivity index (χ2n) is 4.84. The summed E-state index contributed by atoms with van der Waals surface area (Å²) in [7, 11) is 0. The van der Waals surface area contributed by atoms with Crippen molar-refractivity contribution in [1.82, 2.24) is 4.90 Å². The van der Waals surface area contributed by atoms with E-state index in [-0.39, 0.29) is 13.0 Å². The normalized spacial score (nSPS) is 21.8. The second-order valence-corrected chi connectivity index (χ2v) is 4.84. The Kier molecular flexibility index (Phi) is 4.24. The quantitative estimate of drug-likeness (QED) is 0.777. The maximum absolute atomic E-state index is 12.2. The Bertz CT molecular complexity index is 518. The Balaban J connectivity index is 2.13. The van der Waals surface area contributed by atoms with Crippen molar-refractivity contribution in [3.8, 4) is 0 Å². The minimum atomic E-state index is -1.10. The van der Waals surface area contributed by atoms with Crippen LogP contribution in [0.4, 0.5) is 10.5 Å². The number of aliphatic hydroxyl groups is 1. The van der Waals surface area contributed by atoms with Crippen LogP contribution >= 0.6 is 0 Å². The minimum absolute atomic E-state index is 0.0388. The van der Waals surface area contributed by atoms with E-state index >= 15 is 0 Å². The molecule has 1 aromatic carbocycles.